The lowest BCUT2D eigenvalue weighted by molar-refractivity contribution is 0.202. The number of hydrogen-bond acceptors (Lipinski definition) is 2. The Morgan fingerprint density at radius 3 is 2.30 bits per heavy atom. The van der Waals surface area contributed by atoms with Crippen molar-refractivity contribution in [2.24, 2.45) is 0 Å². The van der Waals surface area contributed by atoms with Crippen LogP contribution in [0.25, 0.3) is 0 Å². The van der Waals surface area contributed by atoms with E-state index < -0.39 is 0 Å². The van der Waals surface area contributed by atoms with Crippen molar-refractivity contribution in [3.05, 3.63) is 35.6 Å². The lowest BCUT2D eigenvalue weighted by Gasteiger charge is -2.31. The van der Waals surface area contributed by atoms with Gasteiger partial charge in [-0.2, -0.15) is 0 Å². The lowest BCUT2D eigenvalue weighted by Crippen LogP contribution is -2.46. The monoisotopic (exact) mass is 280 g/mol. The molecule has 0 bridgehead atoms. The highest BCUT2D eigenvalue weighted by molar-refractivity contribution is 5.15. The second-order valence-electron chi connectivity index (χ2n) is 6.61. The summed E-state index contributed by atoms with van der Waals surface area (Å²) in [7, 11) is 2.15. The van der Waals surface area contributed by atoms with Crippen molar-refractivity contribution >= 4 is 0 Å². The van der Waals surface area contributed by atoms with Crippen LogP contribution in [-0.4, -0.2) is 30.1 Å². The molecule has 20 heavy (non-hydrogen) atoms. The van der Waals surface area contributed by atoms with E-state index in [0.717, 1.165) is 18.7 Å². The van der Waals surface area contributed by atoms with E-state index in [0.29, 0.717) is 6.04 Å². The highest BCUT2D eigenvalue weighted by atomic mass is 19.1. The van der Waals surface area contributed by atoms with E-state index in [2.05, 4.69) is 45.0 Å². The van der Waals surface area contributed by atoms with Gasteiger partial charge in [0.25, 0.3) is 0 Å². The molecule has 0 spiro atoms. The molecule has 114 valence electrons. The number of rotatable bonds is 7. The molecule has 1 N–H and O–H groups in total. The van der Waals surface area contributed by atoms with Crippen LogP contribution in [-0.2, 0) is 6.54 Å². The Hall–Kier alpha value is -0.930. The molecule has 0 radical (unpaired) electrons. The van der Waals surface area contributed by atoms with E-state index in [1.807, 2.05) is 12.1 Å². The van der Waals surface area contributed by atoms with Crippen LogP contribution >= 0.6 is 0 Å². The van der Waals surface area contributed by atoms with Gasteiger partial charge in [-0.3, -0.25) is 4.90 Å². The molecule has 0 heterocycles. The molecule has 1 rings (SSSR count). The number of benzene rings is 1. The summed E-state index contributed by atoms with van der Waals surface area (Å²) in [5, 5.41) is 3.58. The molecule has 1 unspecified atom stereocenters. The van der Waals surface area contributed by atoms with Gasteiger partial charge in [-0.05, 0) is 51.9 Å². The second-order valence-corrected chi connectivity index (χ2v) is 6.61. The molecule has 0 fully saturated rings. The predicted molar refractivity (Wildman–Crippen MR) is 84.3 cm³/mol. The second kappa shape index (κ2) is 7.75. The van der Waals surface area contributed by atoms with Gasteiger partial charge in [-0.25, -0.2) is 4.39 Å². The van der Waals surface area contributed by atoms with Crippen molar-refractivity contribution in [2.45, 2.75) is 58.7 Å². The summed E-state index contributed by atoms with van der Waals surface area (Å²) in [6.07, 6.45) is 2.34. The van der Waals surface area contributed by atoms with Crippen LogP contribution in [0.5, 0.6) is 0 Å². The minimum absolute atomic E-state index is 0.142. The Morgan fingerprint density at radius 1 is 1.20 bits per heavy atom. The molecule has 0 saturated heterocycles. The number of nitrogens with zero attached hydrogens (tertiary/aromatic N) is 1. The molecule has 2 nitrogen and oxygen atoms in total. The summed E-state index contributed by atoms with van der Waals surface area (Å²) in [6, 6.07) is 7.30. The minimum Gasteiger partial charge on any atom is -0.311 e. The summed E-state index contributed by atoms with van der Waals surface area (Å²) >= 11 is 0. The fourth-order valence-corrected chi connectivity index (χ4v) is 2.24. The predicted octanol–water partition coefficient (Wildman–Crippen LogP) is 3.81. The summed E-state index contributed by atoms with van der Waals surface area (Å²) in [5.74, 6) is -0.170. The van der Waals surface area contributed by atoms with Gasteiger partial charge < -0.3 is 5.32 Å². The Bertz CT molecular complexity index is 381. The van der Waals surface area contributed by atoms with E-state index >= 15 is 0 Å². The summed E-state index contributed by atoms with van der Waals surface area (Å²) in [5.41, 5.74) is 1.30. The third-order valence-corrected chi connectivity index (χ3v) is 3.46. The van der Waals surface area contributed by atoms with E-state index in [1.165, 1.54) is 25.0 Å². The van der Waals surface area contributed by atoms with Crippen LogP contribution in [0, 0.1) is 5.82 Å². The molecule has 0 aromatic heterocycles. The first-order valence-corrected chi connectivity index (χ1v) is 7.51. The number of hydrogen-bond donors (Lipinski definition) is 1. The molecule has 0 saturated carbocycles. The van der Waals surface area contributed by atoms with Crippen LogP contribution in [0.3, 0.4) is 0 Å². The quantitative estimate of drug-likeness (QED) is 0.817. The molecule has 0 aliphatic rings. The molecule has 0 aliphatic heterocycles. The van der Waals surface area contributed by atoms with Crippen molar-refractivity contribution in [1.29, 1.82) is 0 Å². The number of likely N-dealkylation sites (N-methyl/N-ethyl adjacent to an activating group) is 1. The SMILES string of the molecule is CCCC(CNC(C)(C)C)N(C)Cc1ccc(F)cc1. The van der Waals surface area contributed by atoms with E-state index in [9.17, 15) is 4.39 Å². The first-order chi connectivity index (χ1) is 9.31. The van der Waals surface area contributed by atoms with Gasteiger partial charge in [0.2, 0.25) is 0 Å². The maximum atomic E-state index is 12.9. The molecule has 1 atom stereocenters. The summed E-state index contributed by atoms with van der Waals surface area (Å²) in [4.78, 5) is 2.36. The first-order valence-electron chi connectivity index (χ1n) is 7.51. The van der Waals surface area contributed by atoms with Gasteiger partial charge >= 0.3 is 0 Å². The normalized spacial score (nSPS) is 13.8. The Morgan fingerprint density at radius 2 is 1.80 bits per heavy atom. The van der Waals surface area contributed by atoms with Crippen molar-refractivity contribution in [3.63, 3.8) is 0 Å². The summed E-state index contributed by atoms with van der Waals surface area (Å²) in [6.45, 7) is 10.6. The molecule has 0 amide bonds. The molecular weight excluding hydrogens is 251 g/mol. The van der Waals surface area contributed by atoms with Crippen molar-refractivity contribution in [2.75, 3.05) is 13.6 Å². The zero-order chi connectivity index (χ0) is 15.2. The van der Waals surface area contributed by atoms with E-state index in [-0.39, 0.29) is 11.4 Å². The van der Waals surface area contributed by atoms with Gasteiger partial charge in [0.15, 0.2) is 0 Å². The van der Waals surface area contributed by atoms with Crippen LogP contribution in [0.15, 0.2) is 24.3 Å². The van der Waals surface area contributed by atoms with Gasteiger partial charge in [0.1, 0.15) is 5.82 Å². The third-order valence-electron chi connectivity index (χ3n) is 3.46. The third kappa shape index (κ3) is 6.49. The first kappa shape index (κ1) is 17.1. The van der Waals surface area contributed by atoms with Gasteiger partial charge in [0.05, 0.1) is 0 Å². The Labute approximate surface area is 123 Å². The highest BCUT2D eigenvalue weighted by Crippen LogP contribution is 2.12. The van der Waals surface area contributed by atoms with Crippen molar-refractivity contribution < 1.29 is 4.39 Å². The highest BCUT2D eigenvalue weighted by Gasteiger charge is 2.17. The molecule has 0 aliphatic carbocycles. The van der Waals surface area contributed by atoms with Crippen LogP contribution in [0.4, 0.5) is 4.39 Å². The molecule has 3 heteroatoms. The zero-order valence-electron chi connectivity index (χ0n) is 13.5. The maximum absolute atomic E-state index is 12.9. The van der Waals surface area contributed by atoms with Gasteiger partial charge in [-0.15, -0.1) is 0 Å². The Balaban J connectivity index is 2.58. The fraction of sp³-hybridized carbons (Fsp3) is 0.647. The molecular formula is C17H29FN2. The molecule has 1 aromatic carbocycles. The van der Waals surface area contributed by atoms with Crippen LogP contribution < -0.4 is 5.32 Å². The average molecular weight is 280 g/mol. The average Bonchev–Trinajstić information content (AvgIpc) is 2.36. The van der Waals surface area contributed by atoms with Crippen molar-refractivity contribution in [1.82, 2.24) is 10.2 Å². The fourth-order valence-electron chi connectivity index (χ4n) is 2.24. The Kier molecular flexibility index (Phi) is 6.63. The molecule has 1 aromatic rings. The number of nitrogens with one attached hydrogen (secondary N) is 1. The maximum Gasteiger partial charge on any atom is 0.123 e. The number of halogens is 1. The van der Waals surface area contributed by atoms with Gasteiger partial charge in [0, 0.05) is 24.7 Å². The standard InChI is InChI=1S/C17H29FN2/c1-6-7-16(12-19-17(2,3)4)20(5)13-14-8-10-15(18)11-9-14/h8-11,16,19H,6-7,12-13H2,1-5H3. The minimum atomic E-state index is -0.170. The van der Waals surface area contributed by atoms with Crippen LogP contribution in [0.2, 0.25) is 0 Å². The van der Waals surface area contributed by atoms with Crippen LogP contribution in [0.1, 0.15) is 46.1 Å². The zero-order valence-corrected chi connectivity index (χ0v) is 13.5. The van der Waals surface area contributed by atoms with Crippen molar-refractivity contribution in [3.8, 4) is 0 Å². The summed E-state index contributed by atoms with van der Waals surface area (Å²) < 4.78 is 12.9. The van der Waals surface area contributed by atoms with Gasteiger partial charge in [-0.1, -0.05) is 25.5 Å². The lowest BCUT2D eigenvalue weighted by atomic mass is 10.1. The largest absolute Gasteiger partial charge is 0.311 e. The smallest absolute Gasteiger partial charge is 0.123 e. The van der Waals surface area contributed by atoms with E-state index in [4.69, 9.17) is 0 Å². The van der Waals surface area contributed by atoms with E-state index in [1.54, 1.807) is 0 Å². The topological polar surface area (TPSA) is 15.3 Å².